The lowest BCUT2D eigenvalue weighted by Gasteiger charge is -2.10. The molecule has 102 valence electrons. The van der Waals surface area contributed by atoms with Crippen molar-refractivity contribution in [1.29, 1.82) is 0 Å². The smallest absolute Gasteiger partial charge is 0.162 e. The van der Waals surface area contributed by atoms with Crippen LogP contribution in [0, 0.1) is 11.6 Å². The average Bonchev–Trinajstić information content (AvgIpc) is 2.82. The molecule has 1 aromatic heterocycles. The lowest BCUT2D eigenvalue weighted by Crippen LogP contribution is -2.14. The van der Waals surface area contributed by atoms with E-state index in [1.807, 2.05) is 12.1 Å². The highest BCUT2D eigenvalue weighted by atomic mass is 32.1. The molecule has 1 N–H and O–H groups in total. The molecule has 1 nitrogen and oxygen atoms in total. The first-order valence-electron chi connectivity index (χ1n) is 6.28. The maximum atomic E-state index is 13.5. The molecule has 19 heavy (non-hydrogen) atoms. The van der Waals surface area contributed by atoms with Gasteiger partial charge in [-0.3, -0.25) is 0 Å². The van der Waals surface area contributed by atoms with Gasteiger partial charge in [-0.05, 0) is 30.2 Å². The van der Waals surface area contributed by atoms with Crippen molar-refractivity contribution in [3.8, 4) is 0 Å². The fourth-order valence-electron chi connectivity index (χ4n) is 1.99. The van der Waals surface area contributed by atoms with E-state index < -0.39 is 17.7 Å². The highest BCUT2D eigenvalue weighted by molar-refractivity contribution is 7.11. The number of aliphatic hydroxyl groups excluding tert-OH is 1. The summed E-state index contributed by atoms with van der Waals surface area (Å²) in [7, 11) is 0. The van der Waals surface area contributed by atoms with Crippen LogP contribution in [0.3, 0.4) is 0 Å². The van der Waals surface area contributed by atoms with Crippen LogP contribution >= 0.6 is 11.3 Å². The summed E-state index contributed by atoms with van der Waals surface area (Å²) in [6.45, 7) is 2.08. The number of halogens is 2. The van der Waals surface area contributed by atoms with E-state index in [9.17, 15) is 13.9 Å². The van der Waals surface area contributed by atoms with E-state index in [0.717, 1.165) is 17.4 Å². The minimum atomic E-state index is -0.867. The van der Waals surface area contributed by atoms with E-state index in [1.165, 1.54) is 17.0 Å². The summed E-state index contributed by atoms with van der Waals surface area (Å²) in [5.41, 5.74) is 0.222. The molecule has 0 aliphatic rings. The Morgan fingerprint density at radius 3 is 2.53 bits per heavy atom. The third-order valence-corrected chi connectivity index (χ3v) is 4.24. The van der Waals surface area contributed by atoms with Crippen LogP contribution in [0.4, 0.5) is 8.78 Å². The molecule has 0 amide bonds. The van der Waals surface area contributed by atoms with Crippen molar-refractivity contribution in [2.75, 3.05) is 0 Å². The van der Waals surface area contributed by atoms with Gasteiger partial charge in [0.05, 0.1) is 6.10 Å². The number of hydrogen-bond acceptors (Lipinski definition) is 2. The Morgan fingerprint density at radius 1 is 1.11 bits per heavy atom. The Morgan fingerprint density at radius 2 is 1.84 bits per heavy atom. The number of rotatable bonds is 5. The lowest BCUT2D eigenvalue weighted by molar-refractivity contribution is 0.175. The van der Waals surface area contributed by atoms with Crippen molar-refractivity contribution >= 4 is 11.3 Å². The standard InChI is InChI=1S/C15H16F2OS/c1-2-12-6-7-13(19-12)9-11(18)8-10-4-3-5-14(16)15(10)17/h3-7,11,18H,2,8-9H2,1H3. The Bertz CT molecular complexity index is 551. The summed E-state index contributed by atoms with van der Waals surface area (Å²) in [5, 5.41) is 9.97. The minimum absolute atomic E-state index is 0.128. The van der Waals surface area contributed by atoms with Crippen molar-refractivity contribution in [3.63, 3.8) is 0 Å². The quantitative estimate of drug-likeness (QED) is 0.886. The second kappa shape index (κ2) is 6.26. The van der Waals surface area contributed by atoms with E-state index >= 15 is 0 Å². The van der Waals surface area contributed by atoms with E-state index in [-0.39, 0.29) is 12.0 Å². The molecular formula is C15H16F2OS. The molecule has 0 saturated carbocycles. The highest BCUT2D eigenvalue weighted by Gasteiger charge is 2.13. The molecule has 0 fully saturated rings. The molecule has 1 unspecified atom stereocenters. The zero-order valence-electron chi connectivity index (χ0n) is 10.7. The second-order valence-electron chi connectivity index (χ2n) is 4.50. The maximum Gasteiger partial charge on any atom is 0.162 e. The first kappa shape index (κ1) is 14.2. The number of thiophene rings is 1. The summed E-state index contributed by atoms with van der Waals surface area (Å²) in [4.78, 5) is 2.33. The van der Waals surface area contributed by atoms with Crippen LogP contribution in [0.25, 0.3) is 0 Å². The fraction of sp³-hybridized carbons (Fsp3) is 0.333. The van der Waals surface area contributed by atoms with Crippen LogP contribution in [0.1, 0.15) is 22.2 Å². The van der Waals surface area contributed by atoms with Crippen molar-refractivity contribution in [2.45, 2.75) is 32.3 Å². The summed E-state index contributed by atoms with van der Waals surface area (Å²) >= 11 is 1.65. The van der Waals surface area contributed by atoms with Gasteiger partial charge in [0.2, 0.25) is 0 Å². The number of aliphatic hydroxyl groups is 1. The zero-order chi connectivity index (χ0) is 13.8. The minimum Gasteiger partial charge on any atom is -0.392 e. The summed E-state index contributed by atoms with van der Waals surface area (Å²) < 4.78 is 26.5. The molecule has 0 aliphatic heterocycles. The van der Waals surface area contributed by atoms with Gasteiger partial charge in [0.1, 0.15) is 0 Å². The molecule has 4 heteroatoms. The molecule has 1 heterocycles. The van der Waals surface area contributed by atoms with Gasteiger partial charge in [-0.25, -0.2) is 8.78 Å². The SMILES string of the molecule is CCc1ccc(CC(O)Cc2cccc(F)c2F)s1. The Kier molecular flexibility index (Phi) is 4.66. The normalized spacial score (nSPS) is 12.6. The molecule has 1 aromatic carbocycles. The van der Waals surface area contributed by atoms with Crippen molar-refractivity contribution in [2.24, 2.45) is 0 Å². The molecule has 0 spiro atoms. The van der Waals surface area contributed by atoms with Crippen LogP contribution in [-0.4, -0.2) is 11.2 Å². The molecule has 2 rings (SSSR count). The van der Waals surface area contributed by atoms with Crippen LogP contribution in [0.15, 0.2) is 30.3 Å². The molecule has 0 radical (unpaired) electrons. The lowest BCUT2D eigenvalue weighted by atomic mass is 10.0. The van der Waals surface area contributed by atoms with Crippen LogP contribution in [0.2, 0.25) is 0 Å². The molecule has 1 atom stereocenters. The van der Waals surface area contributed by atoms with Crippen LogP contribution in [-0.2, 0) is 19.3 Å². The number of aryl methyl sites for hydroxylation is 1. The fourth-order valence-corrected chi connectivity index (χ4v) is 3.02. The topological polar surface area (TPSA) is 20.2 Å². The molecular weight excluding hydrogens is 266 g/mol. The Balaban J connectivity index is 2.01. The largest absolute Gasteiger partial charge is 0.392 e. The third-order valence-electron chi connectivity index (χ3n) is 2.99. The summed E-state index contributed by atoms with van der Waals surface area (Å²) in [6, 6.07) is 8.07. The molecule has 2 aromatic rings. The summed E-state index contributed by atoms with van der Waals surface area (Å²) in [5.74, 6) is -1.73. The van der Waals surface area contributed by atoms with Gasteiger partial charge in [-0.2, -0.15) is 0 Å². The third kappa shape index (κ3) is 3.61. The second-order valence-corrected chi connectivity index (χ2v) is 5.75. The molecule has 0 bridgehead atoms. The van der Waals surface area contributed by atoms with E-state index in [1.54, 1.807) is 11.3 Å². The van der Waals surface area contributed by atoms with Crippen molar-refractivity contribution in [3.05, 3.63) is 57.3 Å². The average molecular weight is 282 g/mol. The molecule has 0 saturated heterocycles. The van der Waals surface area contributed by atoms with Gasteiger partial charge < -0.3 is 5.11 Å². The predicted octanol–water partition coefficient (Wildman–Crippen LogP) is 3.73. The summed E-state index contributed by atoms with van der Waals surface area (Å²) in [6.07, 6.45) is 0.878. The monoisotopic (exact) mass is 282 g/mol. The zero-order valence-corrected chi connectivity index (χ0v) is 11.5. The van der Waals surface area contributed by atoms with E-state index in [0.29, 0.717) is 6.42 Å². The number of hydrogen-bond donors (Lipinski definition) is 1. The van der Waals surface area contributed by atoms with Gasteiger partial charge in [-0.15, -0.1) is 11.3 Å². The van der Waals surface area contributed by atoms with Crippen molar-refractivity contribution < 1.29 is 13.9 Å². The molecule has 0 aliphatic carbocycles. The highest BCUT2D eigenvalue weighted by Crippen LogP contribution is 2.20. The first-order chi connectivity index (χ1) is 9.10. The van der Waals surface area contributed by atoms with Gasteiger partial charge >= 0.3 is 0 Å². The van der Waals surface area contributed by atoms with Gasteiger partial charge in [0, 0.05) is 22.6 Å². The van der Waals surface area contributed by atoms with Crippen LogP contribution < -0.4 is 0 Å². The number of benzene rings is 1. The van der Waals surface area contributed by atoms with Gasteiger partial charge in [0.15, 0.2) is 11.6 Å². The van der Waals surface area contributed by atoms with E-state index in [4.69, 9.17) is 0 Å². The Hall–Kier alpha value is -1.26. The van der Waals surface area contributed by atoms with E-state index in [2.05, 4.69) is 6.92 Å². The van der Waals surface area contributed by atoms with Crippen LogP contribution in [0.5, 0.6) is 0 Å². The van der Waals surface area contributed by atoms with Crippen molar-refractivity contribution in [1.82, 2.24) is 0 Å². The van der Waals surface area contributed by atoms with Gasteiger partial charge in [0.25, 0.3) is 0 Å². The van der Waals surface area contributed by atoms with Gasteiger partial charge in [-0.1, -0.05) is 19.1 Å². The Labute approximate surface area is 115 Å². The first-order valence-corrected chi connectivity index (χ1v) is 7.10. The predicted molar refractivity (Wildman–Crippen MR) is 73.5 cm³/mol. The maximum absolute atomic E-state index is 13.5.